The van der Waals surface area contributed by atoms with E-state index in [1.165, 1.54) is 0 Å². The third-order valence-electron chi connectivity index (χ3n) is 4.62. The molecule has 0 fully saturated rings. The van der Waals surface area contributed by atoms with Gasteiger partial charge in [0.15, 0.2) is 11.8 Å². The molecule has 1 aromatic heterocycles. The molecule has 166 valence electrons. The van der Waals surface area contributed by atoms with E-state index >= 15 is 0 Å². The first kappa shape index (κ1) is 24.4. The van der Waals surface area contributed by atoms with E-state index < -0.39 is 0 Å². The fraction of sp³-hybridized carbons (Fsp3) is 0.318. The average Bonchev–Trinajstić information content (AvgIpc) is 3.26. The number of aliphatic imine (C=N–C) groups is 1. The van der Waals surface area contributed by atoms with Gasteiger partial charge >= 0.3 is 0 Å². The number of aromatic nitrogens is 3. The number of hydrogen-bond acceptors (Lipinski definition) is 5. The van der Waals surface area contributed by atoms with Crippen molar-refractivity contribution in [1.29, 1.82) is 0 Å². The van der Waals surface area contributed by atoms with E-state index in [1.807, 2.05) is 67.1 Å². The molecule has 1 heterocycles. The Kier molecular flexibility index (Phi) is 9.57. The van der Waals surface area contributed by atoms with Crippen LogP contribution in [0.3, 0.4) is 0 Å². The van der Waals surface area contributed by atoms with Crippen molar-refractivity contribution in [3.8, 4) is 17.2 Å². The van der Waals surface area contributed by atoms with Gasteiger partial charge in [-0.3, -0.25) is 4.57 Å². The van der Waals surface area contributed by atoms with E-state index in [-0.39, 0.29) is 24.0 Å². The van der Waals surface area contributed by atoms with Crippen molar-refractivity contribution in [2.45, 2.75) is 20.0 Å². The van der Waals surface area contributed by atoms with Gasteiger partial charge in [-0.25, -0.2) is 4.99 Å². The number of methoxy groups -OCH3 is 2. The fourth-order valence-electron chi connectivity index (χ4n) is 3.10. The molecule has 0 bridgehead atoms. The first-order valence-electron chi connectivity index (χ1n) is 9.81. The van der Waals surface area contributed by atoms with Crippen molar-refractivity contribution in [3.05, 3.63) is 66.2 Å². The predicted molar refractivity (Wildman–Crippen MR) is 133 cm³/mol. The van der Waals surface area contributed by atoms with E-state index in [0.29, 0.717) is 13.1 Å². The van der Waals surface area contributed by atoms with Crippen molar-refractivity contribution in [2.24, 2.45) is 4.99 Å². The van der Waals surface area contributed by atoms with Gasteiger partial charge in [0.1, 0.15) is 24.4 Å². The summed E-state index contributed by atoms with van der Waals surface area (Å²) in [5, 5.41) is 11.6. The summed E-state index contributed by atoms with van der Waals surface area (Å²) < 4.78 is 12.8. The molecule has 0 aliphatic rings. The summed E-state index contributed by atoms with van der Waals surface area (Å²) >= 11 is 0. The smallest absolute Gasteiger partial charge is 0.194 e. The number of rotatable bonds is 8. The van der Waals surface area contributed by atoms with Crippen LogP contribution in [0.4, 0.5) is 0 Å². The zero-order valence-electron chi connectivity index (χ0n) is 18.3. The normalized spacial score (nSPS) is 10.9. The molecule has 9 heteroatoms. The number of ether oxygens (including phenoxy) is 2. The van der Waals surface area contributed by atoms with Gasteiger partial charge in [0.25, 0.3) is 0 Å². The SMILES string of the molecule is CCNC(=NCc1nncn1-c1ccccc1)N(C)Cc1ccc(OC)cc1OC.I. The van der Waals surface area contributed by atoms with E-state index in [1.54, 1.807) is 20.5 Å². The first-order chi connectivity index (χ1) is 14.7. The Hall–Kier alpha value is -2.82. The standard InChI is InChI=1S/C22H28N6O2.HI/c1-5-23-22(27(2)15-17-11-12-19(29-3)13-20(17)30-4)24-14-21-26-25-16-28(21)18-9-7-6-8-10-18;/h6-13,16H,5,14-15H2,1-4H3,(H,23,24);1H. The van der Waals surface area contributed by atoms with Crippen LogP contribution < -0.4 is 14.8 Å². The molecule has 0 saturated heterocycles. The minimum absolute atomic E-state index is 0. The zero-order chi connectivity index (χ0) is 21.3. The predicted octanol–water partition coefficient (Wildman–Crippen LogP) is 3.50. The van der Waals surface area contributed by atoms with E-state index in [4.69, 9.17) is 14.5 Å². The molecule has 2 aromatic carbocycles. The molecular formula is C22H29IN6O2. The quantitative estimate of drug-likeness (QED) is 0.270. The Morgan fingerprint density at radius 1 is 1.13 bits per heavy atom. The second-order valence-electron chi connectivity index (χ2n) is 6.66. The molecule has 0 aliphatic heterocycles. The van der Waals surface area contributed by atoms with Gasteiger partial charge in [-0.15, -0.1) is 34.2 Å². The van der Waals surface area contributed by atoms with Crippen molar-refractivity contribution in [1.82, 2.24) is 25.0 Å². The monoisotopic (exact) mass is 536 g/mol. The number of halogens is 1. The van der Waals surface area contributed by atoms with Gasteiger partial charge in [0.05, 0.1) is 14.2 Å². The largest absolute Gasteiger partial charge is 0.497 e. The molecule has 1 N–H and O–H groups in total. The maximum absolute atomic E-state index is 5.52. The Morgan fingerprint density at radius 2 is 1.90 bits per heavy atom. The summed E-state index contributed by atoms with van der Waals surface area (Å²) in [7, 11) is 5.30. The van der Waals surface area contributed by atoms with E-state index in [0.717, 1.165) is 41.1 Å². The second-order valence-corrected chi connectivity index (χ2v) is 6.66. The summed E-state index contributed by atoms with van der Waals surface area (Å²) in [5.41, 5.74) is 2.05. The molecule has 3 aromatic rings. The van der Waals surface area contributed by atoms with E-state index in [9.17, 15) is 0 Å². The average molecular weight is 536 g/mol. The molecule has 0 unspecified atom stereocenters. The van der Waals surface area contributed by atoms with Crippen LogP contribution in [0.5, 0.6) is 11.5 Å². The summed E-state index contributed by atoms with van der Waals surface area (Å²) in [6.07, 6.45) is 1.71. The van der Waals surface area contributed by atoms with Crippen LogP contribution in [-0.4, -0.2) is 53.4 Å². The number of benzene rings is 2. The molecule has 8 nitrogen and oxygen atoms in total. The first-order valence-corrected chi connectivity index (χ1v) is 9.81. The highest BCUT2D eigenvalue weighted by Crippen LogP contribution is 2.25. The van der Waals surface area contributed by atoms with Gasteiger partial charge in [0, 0.05) is 37.5 Å². The maximum atomic E-state index is 5.52. The molecule has 0 spiro atoms. The summed E-state index contributed by atoms with van der Waals surface area (Å²) in [4.78, 5) is 6.82. The van der Waals surface area contributed by atoms with Crippen LogP contribution in [0.2, 0.25) is 0 Å². The van der Waals surface area contributed by atoms with Crippen LogP contribution in [0, 0.1) is 0 Å². The summed E-state index contributed by atoms with van der Waals surface area (Å²) in [6, 6.07) is 15.8. The maximum Gasteiger partial charge on any atom is 0.194 e. The molecular weight excluding hydrogens is 507 g/mol. The summed E-state index contributed by atoms with van der Waals surface area (Å²) in [5.74, 6) is 3.09. The molecule has 3 rings (SSSR count). The number of guanidine groups is 1. The van der Waals surface area contributed by atoms with Gasteiger partial charge < -0.3 is 19.7 Å². The van der Waals surface area contributed by atoms with Crippen LogP contribution >= 0.6 is 24.0 Å². The second kappa shape index (κ2) is 12.1. The molecule has 0 saturated carbocycles. The Labute approximate surface area is 200 Å². The highest BCUT2D eigenvalue weighted by Gasteiger charge is 2.12. The molecule has 0 amide bonds. The van der Waals surface area contributed by atoms with Crippen molar-refractivity contribution in [3.63, 3.8) is 0 Å². The third kappa shape index (κ3) is 6.33. The number of hydrogen-bond donors (Lipinski definition) is 1. The Morgan fingerprint density at radius 3 is 2.58 bits per heavy atom. The lowest BCUT2D eigenvalue weighted by Crippen LogP contribution is -2.38. The number of para-hydroxylation sites is 1. The van der Waals surface area contributed by atoms with Crippen LogP contribution in [0.15, 0.2) is 59.9 Å². The van der Waals surface area contributed by atoms with Crippen LogP contribution in [0.25, 0.3) is 5.69 Å². The van der Waals surface area contributed by atoms with Gasteiger partial charge in [-0.05, 0) is 31.2 Å². The fourth-order valence-corrected chi connectivity index (χ4v) is 3.10. The van der Waals surface area contributed by atoms with Gasteiger partial charge in [-0.1, -0.05) is 18.2 Å². The van der Waals surface area contributed by atoms with Crippen molar-refractivity contribution < 1.29 is 9.47 Å². The summed E-state index contributed by atoms with van der Waals surface area (Å²) in [6.45, 7) is 3.84. The third-order valence-corrected chi connectivity index (χ3v) is 4.62. The number of nitrogens with zero attached hydrogens (tertiary/aromatic N) is 5. The van der Waals surface area contributed by atoms with Crippen LogP contribution in [0.1, 0.15) is 18.3 Å². The molecule has 0 atom stereocenters. The molecule has 0 radical (unpaired) electrons. The lowest BCUT2D eigenvalue weighted by molar-refractivity contribution is 0.382. The minimum Gasteiger partial charge on any atom is -0.497 e. The van der Waals surface area contributed by atoms with Crippen molar-refractivity contribution >= 4 is 29.9 Å². The minimum atomic E-state index is 0. The highest BCUT2D eigenvalue weighted by atomic mass is 127. The highest BCUT2D eigenvalue weighted by molar-refractivity contribution is 14.0. The van der Waals surface area contributed by atoms with Crippen LogP contribution in [-0.2, 0) is 13.1 Å². The Balaban J connectivity index is 0.00000341. The number of nitrogens with one attached hydrogen (secondary N) is 1. The lowest BCUT2D eigenvalue weighted by Gasteiger charge is -2.23. The molecule has 0 aliphatic carbocycles. The molecule has 31 heavy (non-hydrogen) atoms. The zero-order valence-corrected chi connectivity index (χ0v) is 20.6. The van der Waals surface area contributed by atoms with E-state index in [2.05, 4.69) is 20.4 Å². The lowest BCUT2D eigenvalue weighted by atomic mass is 10.2. The van der Waals surface area contributed by atoms with Gasteiger partial charge in [-0.2, -0.15) is 0 Å². The van der Waals surface area contributed by atoms with Gasteiger partial charge in [0.2, 0.25) is 0 Å². The topological polar surface area (TPSA) is 76.8 Å². The van der Waals surface area contributed by atoms with Crippen molar-refractivity contribution in [2.75, 3.05) is 27.8 Å². The Bertz CT molecular complexity index is 977.